The molecular weight excluding hydrogens is 234 g/mol. The largest absolute Gasteiger partial charge is 0.491 e. The number of aryl methyl sites for hydroxylation is 2. The molecule has 0 bridgehead atoms. The number of nitrogens with two attached hydrogens (primary N) is 1. The van der Waals surface area contributed by atoms with E-state index < -0.39 is 0 Å². The fraction of sp³-hybridized carbons (Fsp3) is 0.647. The Bertz CT molecular complexity index is 422. The maximum Gasteiger partial charge on any atom is 0.125 e. The van der Waals surface area contributed by atoms with Gasteiger partial charge in [0.2, 0.25) is 0 Å². The third-order valence-electron chi connectivity index (χ3n) is 4.55. The van der Waals surface area contributed by atoms with Crippen molar-refractivity contribution in [3.63, 3.8) is 0 Å². The first-order chi connectivity index (χ1) is 9.09. The van der Waals surface area contributed by atoms with E-state index in [2.05, 4.69) is 32.9 Å². The zero-order chi connectivity index (χ0) is 13.8. The van der Waals surface area contributed by atoms with Crippen molar-refractivity contribution in [1.82, 2.24) is 0 Å². The minimum Gasteiger partial charge on any atom is -0.491 e. The summed E-state index contributed by atoms with van der Waals surface area (Å²) in [7, 11) is 0. The van der Waals surface area contributed by atoms with Gasteiger partial charge in [0.25, 0.3) is 0 Å². The van der Waals surface area contributed by atoms with Crippen LogP contribution in [0.3, 0.4) is 0 Å². The summed E-state index contributed by atoms with van der Waals surface area (Å²) in [6.07, 6.45) is 6.59. The van der Waals surface area contributed by atoms with E-state index in [0.29, 0.717) is 12.5 Å². The van der Waals surface area contributed by atoms with Crippen LogP contribution in [0.15, 0.2) is 12.1 Å². The van der Waals surface area contributed by atoms with Crippen LogP contribution in [0.5, 0.6) is 5.75 Å². The van der Waals surface area contributed by atoms with Gasteiger partial charge < -0.3 is 10.5 Å². The van der Waals surface area contributed by atoms with Crippen molar-refractivity contribution in [2.45, 2.75) is 58.9 Å². The Morgan fingerprint density at radius 3 is 2.42 bits per heavy atom. The molecule has 2 N–H and O–H groups in total. The van der Waals surface area contributed by atoms with Crippen LogP contribution in [0.4, 0.5) is 0 Å². The zero-order valence-corrected chi connectivity index (χ0v) is 12.5. The van der Waals surface area contributed by atoms with Crippen molar-refractivity contribution in [3.05, 3.63) is 28.8 Å². The van der Waals surface area contributed by atoms with Crippen LogP contribution < -0.4 is 10.5 Å². The van der Waals surface area contributed by atoms with Gasteiger partial charge in [0.1, 0.15) is 12.4 Å². The molecular formula is C17H27NO. The van der Waals surface area contributed by atoms with Crippen molar-refractivity contribution < 1.29 is 4.74 Å². The fourth-order valence-corrected chi connectivity index (χ4v) is 3.03. The first-order valence-electron chi connectivity index (χ1n) is 7.54. The van der Waals surface area contributed by atoms with E-state index in [1.807, 2.05) is 0 Å². The molecule has 0 radical (unpaired) electrons. The van der Waals surface area contributed by atoms with E-state index >= 15 is 0 Å². The smallest absolute Gasteiger partial charge is 0.125 e. The maximum absolute atomic E-state index is 6.31. The summed E-state index contributed by atoms with van der Waals surface area (Å²) in [5, 5.41) is 0. The Balaban J connectivity index is 1.96. The topological polar surface area (TPSA) is 35.2 Å². The lowest BCUT2D eigenvalue weighted by molar-refractivity contribution is 0.212. The predicted octanol–water partition coefficient (Wildman–Crippen LogP) is 3.90. The van der Waals surface area contributed by atoms with Gasteiger partial charge in [-0.15, -0.1) is 0 Å². The second-order valence-corrected chi connectivity index (χ2v) is 6.03. The molecule has 1 aliphatic carbocycles. The van der Waals surface area contributed by atoms with Crippen LogP contribution in [0.1, 0.15) is 48.8 Å². The molecule has 1 aromatic carbocycles. The normalized spacial score (nSPS) is 18.3. The summed E-state index contributed by atoms with van der Waals surface area (Å²) in [5.41, 5.74) is 10.0. The van der Waals surface area contributed by atoms with Gasteiger partial charge >= 0.3 is 0 Å². The van der Waals surface area contributed by atoms with E-state index in [9.17, 15) is 0 Å². The van der Waals surface area contributed by atoms with Crippen molar-refractivity contribution in [1.29, 1.82) is 0 Å². The van der Waals surface area contributed by atoms with Gasteiger partial charge in [0.05, 0.1) is 0 Å². The highest BCUT2D eigenvalue weighted by atomic mass is 16.5. The minimum absolute atomic E-state index is 0.180. The van der Waals surface area contributed by atoms with Gasteiger partial charge in [-0.2, -0.15) is 0 Å². The van der Waals surface area contributed by atoms with Crippen LogP contribution in [-0.4, -0.2) is 12.6 Å². The summed E-state index contributed by atoms with van der Waals surface area (Å²) >= 11 is 0. The first kappa shape index (κ1) is 14.4. The Hall–Kier alpha value is -1.02. The molecule has 0 aliphatic heterocycles. The molecule has 1 saturated carbocycles. The Labute approximate surface area is 117 Å². The summed E-state index contributed by atoms with van der Waals surface area (Å²) < 4.78 is 6.04. The molecule has 2 heteroatoms. The van der Waals surface area contributed by atoms with Crippen molar-refractivity contribution in [2.24, 2.45) is 11.7 Å². The van der Waals surface area contributed by atoms with E-state index in [4.69, 9.17) is 10.5 Å². The molecule has 0 spiro atoms. The fourth-order valence-electron chi connectivity index (χ4n) is 3.03. The molecule has 2 rings (SSSR count). The zero-order valence-electron chi connectivity index (χ0n) is 12.5. The third kappa shape index (κ3) is 3.50. The number of ether oxygens (including phenoxy) is 1. The third-order valence-corrected chi connectivity index (χ3v) is 4.55. The van der Waals surface area contributed by atoms with Crippen LogP contribution >= 0.6 is 0 Å². The maximum atomic E-state index is 6.31. The average molecular weight is 261 g/mol. The summed E-state index contributed by atoms with van der Waals surface area (Å²) in [6.45, 7) is 7.01. The quantitative estimate of drug-likeness (QED) is 0.892. The average Bonchev–Trinajstić information content (AvgIpc) is 2.44. The number of hydrogen-bond donors (Lipinski definition) is 1. The SMILES string of the molecule is Cc1ccc(C)c(OCC(N)C2CCCCC2)c1C. The molecule has 1 atom stereocenters. The highest BCUT2D eigenvalue weighted by Gasteiger charge is 2.21. The summed E-state index contributed by atoms with van der Waals surface area (Å²) in [4.78, 5) is 0. The van der Waals surface area contributed by atoms with E-state index in [0.717, 1.165) is 5.75 Å². The molecule has 0 saturated heterocycles. The lowest BCUT2D eigenvalue weighted by Crippen LogP contribution is -2.37. The van der Waals surface area contributed by atoms with Crippen molar-refractivity contribution in [2.75, 3.05) is 6.61 Å². The molecule has 1 aromatic rings. The van der Waals surface area contributed by atoms with Gasteiger partial charge in [-0.05, 0) is 56.2 Å². The van der Waals surface area contributed by atoms with E-state index in [-0.39, 0.29) is 6.04 Å². The Kier molecular flexibility index (Phi) is 4.87. The van der Waals surface area contributed by atoms with Gasteiger partial charge in [0, 0.05) is 6.04 Å². The second kappa shape index (κ2) is 6.42. The molecule has 106 valence electrons. The minimum atomic E-state index is 0.180. The summed E-state index contributed by atoms with van der Waals surface area (Å²) in [5.74, 6) is 1.69. The lowest BCUT2D eigenvalue weighted by atomic mass is 9.84. The Morgan fingerprint density at radius 2 is 1.74 bits per heavy atom. The van der Waals surface area contributed by atoms with E-state index in [1.165, 1.54) is 48.8 Å². The molecule has 0 aromatic heterocycles. The van der Waals surface area contributed by atoms with Crippen molar-refractivity contribution in [3.8, 4) is 5.75 Å². The Morgan fingerprint density at radius 1 is 1.11 bits per heavy atom. The molecule has 0 heterocycles. The van der Waals surface area contributed by atoms with Gasteiger partial charge in [0.15, 0.2) is 0 Å². The van der Waals surface area contributed by atoms with Crippen LogP contribution in [0.25, 0.3) is 0 Å². The van der Waals surface area contributed by atoms with Crippen LogP contribution in [-0.2, 0) is 0 Å². The molecule has 1 fully saturated rings. The van der Waals surface area contributed by atoms with E-state index in [1.54, 1.807) is 0 Å². The van der Waals surface area contributed by atoms with Crippen LogP contribution in [0.2, 0.25) is 0 Å². The molecule has 19 heavy (non-hydrogen) atoms. The number of rotatable bonds is 4. The lowest BCUT2D eigenvalue weighted by Gasteiger charge is -2.28. The monoisotopic (exact) mass is 261 g/mol. The highest BCUT2D eigenvalue weighted by Crippen LogP contribution is 2.28. The first-order valence-corrected chi connectivity index (χ1v) is 7.54. The highest BCUT2D eigenvalue weighted by molar-refractivity contribution is 5.44. The van der Waals surface area contributed by atoms with Gasteiger partial charge in [-0.1, -0.05) is 31.4 Å². The molecule has 1 aliphatic rings. The predicted molar refractivity (Wildman–Crippen MR) is 80.7 cm³/mol. The van der Waals surface area contributed by atoms with Gasteiger partial charge in [-0.3, -0.25) is 0 Å². The molecule has 0 amide bonds. The molecule has 1 unspecified atom stereocenters. The van der Waals surface area contributed by atoms with Gasteiger partial charge in [-0.25, -0.2) is 0 Å². The second-order valence-electron chi connectivity index (χ2n) is 6.03. The summed E-state index contributed by atoms with van der Waals surface area (Å²) in [6, 6.07) is 4.46. The number of hydrogen-bond acceptors (Lipinski definition) is 2. The standard InChI is InChI=1S/C17H27NO/c1-12-9-10-13(2)17(14(12)3)19-11-16(18)15-7-5-4-6-8-15/h9-10,15-16H,4-8,11,18H2,1-3H3. The van der Waals surface area contributed by atoms with Crippen LogP contribution in [0, 0.1) is 26.7 Å². The molecule has 2 nitrogen and oxygen atoms in total. The number of benzene rings is 1. The van der Waals surface area contributed by atoms with Crippen molar-refractivity contribution >= 4 is 0 Å².